The molecular formula is C46H75N2+. The molecule has 3 rings (SSSR count). The van der Waals surface area contributed by atoms with E-state index in [2.05, 4.69) is 96.8 Å². The minimum absolute atomic E-state index is 0.516. The van der Waals surface area contributed by atoms with E-state index in [0.29, 0.717) is 5.92 Å². The molecular weight excluding hydrogens is 581 g/mol. The van der Waals surface area contributed by atoms with Gasteiger partial charge in [0.25, 0.3) is 5.82 Å². The Labute approximate surface area is 298 Å². The number of nitrogens with zero attached hydrogens (tertiary/aromatic N) is 2. The molecule has 0 aliphatic heterocycles. The summed E-state index contributed by atoms with van der Waals surface area (Å²) in [5, 5.41) is 0. The normalized spacial score (nSPS) is 12.1. The summed E-state index contributed by atoms with van der Waals surface area (Å²) in [6, 6.07) is 22.4. The quantitative estimate of drug-likeness (QED) is 0.0499. The van der Waals surface area contributed by atoms with Gasteiger partial charge in [0, 0.05) is 6.42 Å². The Balaban J connectivity index is 1.52. The summed E-state index contributed by atoms with van der Waals surface area (Å²) in [7, 11) is 0. The molecule has 2 aromatic carbocycles. The first kappa shape index (κ1) is 40.1. The van der Waals surface area contributed by atoms with Crippen LogP contribution in [0, 0.1) is 0 Å². The maximum Gasteiger partial charge on any atom is 0.261 e. The molecule has 48 heavy (non-hydrogen) atoms. The molecule has 0 radical (unpaired) electrons. The molecule has 3 aromatic rings. The zero-order chi connectivity index (χ0) is 33.9. The molecule has 0 saturated heterocycles. The van der Waals surface area contributed by atoms with Gasteiger partial charge in [-0.3, -0.25) is 0 Å². The van der Waals surface area contributed by atoms with E-state index in [-0.39, 0.29) is 0 Å². The highest BCUT2D eigenvalue weighted by Gasteiger charge is 2.25. The van der Waals surface area contributed by atoms with Gasteiger partial charge in [0.2, 0.25) is 0 Å². The summed E-state index contributed by atoms with van der Waals surface area (Å²) in [4.78, 5) is 0. The number of imidazole rings is 1. The lowest BCUT2D eigenvalue weighted by Crippen LogP contribution is -2.41. The van der Waals surface area contributed by atoms with Crippen molar-refractivity contribution in [2.45, 2.75) is 200 Å². The van der Waals surface area contributed by atoms with E-state index in [0.717, 1.165) is 25.9 Å². The number of rotatable bonds is 30. The van der Waals surface area contributed by atoms with Crippen LogP contribution < -0.4 is 4.57 Å². The average molecular weight is 656 g/mol. The van der Waals surface area contributed by atoms with Crippen molar-refractivity contribution in [2.24, 2.45) is 0 Å². The van der Waals surface area contributed by atoms with Gasteiger partial charge in [0.05, 0.1) is 19.5 Å². The highest BCUT2D eigenvalue weighted by molar-refractivity contribution is 5.21. The minimum Gasteiger partial charge on any atom is -0.234 e. The van der Waals surface area contributed by atoms with Crippen molar-refractivity contribution in [1.82, 2.24) is 4.57 Å². The highest BCUT2D eigenvalue weighted by Crippen LogP contribution is 2.22. The van der Waals surface area contributed by atoms with Crippen LogP contribution in [0.15, 0.2) is 66.9 Å². The number of unbranched alkanes of at least 4 members (excludes halogenated alkanes) is 21. The number of benzene rings is 2. The zero-order valence-corrected chi connectivity index (χ0v) is 31.9. The van der Waals surface area contributed by atoms with Crippen LogP contribution in [-0.2, 0) is 25.9 Å². The molecule has 1 atom stereocenters. The van der Waals surface area contributed by atoms with Gasteiger partial charge in [-0.2, -0.15) is 0 Å². The molecule has 0 aliphatic rings. The Morgan fingerprint density at radius 1 is 0.521 bits per heavy atom. The summed E-state index contributed by atoms with van der Waals surface area (Å²) in [5.41, 5.74) is 4.41. The van der Waals surface area contributed by atoms with Gasteiger partial charge in [-0.25, -0.2) is 9.13 Å². The third-order valence-corrected chi connectivity index (χ3v) is 10.6. The lowest BCUT2D eigenvalue weighted by Gasteiger charge is -2.12. The van der Waals surface area contributed by atoms with Crippen molar-refractivity contribution in [2.75, 3.05) is 0 Å². The smallest absolute Gasteiger partial charge is 0.234 e. The lowest BCUT2D eigenvalue weighted by molar-refractivity contribution is -0.710. The van der Waals surface area contributed by atoms with Crippen molar-refractivity contribution in [1.29, 1.82) is 0 Å². The predicted molar refractivity (Wildman–Crippen MR) is 210 cm³/mol. The van der Waals surface area contributed by atoms with E-state index in [1.165, 1.54) is 170 Å². The maximum atomic E-state index is 2.75. The molecule has 0 saturated carbocycles. The SMILES string of the molecule is CCCCCCCCCCCCCCCCCC[n+]1c(CC(C)c2ccccc2)cn(CCCCCCCCC)c1Cc1ccccc1. The zero-order valence-electron chi connectivity index (χ0n) is 31.9. The molecule has 0 spiro atoms. The second-order valence-electron chi connectivity index (χ2n) is 15.0. The first-order valence-electron chi connectivity index (χ1n) is 20.9. The van der Waals surface area contributed by atoms with Crippen LogP contribution in [0.4, 0.5) is 0 Å². The van der Waals surface area contributed by atoms with E-state index in [1.54, 1.807) is 0 Å². The van der Waals surface area contributed by atoms with Crippen LogP contribution in [0.3, 0.4) is 0 Å². The Morgan fingerprint density at radius 3 is 1.46 bits per heavy atom. The van der Waals surface area contributed by atoms with Crippen molar-refractivity contribution < 1.29 is 4.57 Å². The second kappa shape index (κ2) is 26.5. The molecule has 0 N–H and O–H groups in total. The van der Waals surface area contributed by atoms with Gasteiger partial charge in [-0.05, 0) is 42.7 Å². The van der Waals surface area contributed by atoms with E-state index in [9.17, 15) is 0 Å². The number of hydrogen-bond donors (Lipinski definition) is 0. The van der Waals surface area contributed by atoms with Gasteiger partial charge in [-0.1, -0.05) is 203 Å². The monoisotopic (exact) mass is 656 g/mol. The topological polar surface area (TPSA) is 8.81 Å². The van der Waals surface area contributed by atoms with E-state index in [1.807, 2.05) is 0 Å². The summed E-state index contributed by atoms with van der Waals surface area (Å²) >= 11 is 0. The third kappa shape index (κ3) is 16.8. The predicted octanol–water partition coefficient (Wildman–Crippen LogP) is 13.7. The minimum atomic E-state index is 0.516. The van der Waals surface area contributed by atoms with E-state index >= 15 is 0 Å². The Hall–Kier alpha value is -2.35. The average Bonchev–Trinajstić information content (AvgIpc) is 3.42. The summed E-state index contributed by atoms with van der Waals surface area (Å²) in [6.45, 7) is 9.34. The van der Waals surface area contributed by atoms with Crippen LogP contribution >= 0.6 is 0 Å². The lowest BCUT2D eigenvalue weighted by atomic mass is 9.96. The van der Waals surface area contributed by atoms with Gasteiger partial charge < -0.3 is 0 Å². The molecule has 0 fully saturated rings. The molecule has 1 unspecified atom stereocenters. The van der Waals surface area contributed by atoms with E-state index < -0.39 is 0 Å². The fourth-order valence-electron chi connectivity index (χ4n) is 7.52. The van der Waals surface area contributed by atoms with E-state index in [4.69, 9.17) is 0 Å². The molecule has 1 aromatic heterocycles. The van der Waals surface area contributed by atoms with Gasteiger partial charge in [0.15, 0.2) is 0 Å². The standard InChI is InChI=1S/C46H75N2/c1-4-6-8-10-12-13-14-15-16-17-18-19-20-22-24-32-38-48-45(39-42(3)44-35-29-26-30-36-44)41-47(37-31-23-21-11-9-7-5-2)46(48)40-43-33-27-25-28-34-43/h25-30,33-36,41-42H,4-24,31-32,37-40H2,1-3H3/q+1. The van der Waals surface area contributed by atoms with Gasteiger partial charge in [-0.15, -0.1) is 0 Å². The summed E-state index contributed by atoms with van der Waals surface area (Å²) in [6.07, 6.45) is 37.0. The van der Waals surface area contributed by atoms with Crippen LogP contribution in [0.1, 0.15) is 197 Å². The third-order valence-electron chi connectivity index (χ3n) is 10.6. The highest BCUT2D eigenvalue weighted by atomic mass is 15.2. The Morgan fingerprint density at radius 2 is 0.958 bits per heavy atom. The summed E-state index contributed by atoms with van der Waals surface area (Å²) in [5.74, 6) is 2.03. The van der Waals surface area contributed by atoms with Crippen LogP contribution in [0.25, 0.3) is 0 Å². The summed E-state index contributed by atoms with van der Waals surface area (Å²) < 4.78 is 5.40. The molecule has 0 aliphatic carbocycles. The molecule has 268 valence electrons. The van der Waals surface area contributed by atoms with Crippen molar-refractivity contribution in [3.63, 3.8) is 0 Å². The van der Waals surface area contributed by atoms with Crippen LogP contribution in [0.5, 0.6) is 0 Å². The van der Waals surface area contributed by atoms with Gasteiger partial charge >= 0.3 is 0 Å². The Bertz CT molecular complexity index is 1150. The fourth-order valence-corrected chi connectivity index (χ4v) is 7.52. The number of hydrogen-bond acceptors (Lipinski definition) is 0. The molecule has 0 amide bonds. The largest absolute Gasteiger partial charge is 0.261 e. The fraction of sp³-hybridized carbons (Fsp3) is 0.674. The second-order valence-corrected chi connectivity index (χ2v) is 15.0. The molecule has 2 nitrogen and oxygen atoms in total. The first-order valence-corrected chi connectivity index (χ1v) is 20.9. The van der Waals surface area contributed by atoms with Crippen molar-refractivity contribution >= 4 is 0 Å². The maximum absolute atomic E-state index is 2.75. The van der Waals surface area contributed by atoms with Crippen molar-refractivity contribution in [3.8, 4) is 0 Å². The molecule has 2 heteroatoms. The molecule has 1 heterocycles. The van der Waals surface area contributed by atoms with Crippen LogP contribution in [0.2, 0.25) is 0 Å². The van der Waals surface area contributed by atoms with Gasteiger partial charge in [0.1, 0.15) is 11.9 Å². The number of aryl methyl sites for hydroxylation is 1. The molecule has 0 bridgehead atoms. The van der Waals surface area contributed by atoms with Crippen LogP contribution in [-0.4, -0.2) is 4.57 Å². The number of aromatic nitrogens is 2. The first-order chi connectivity index (χ1) is 23.7. The van der Waals surface area contributed by atoms with Crippen molar-refractivity contribution in [3.05, 3.63) is 89.5 Å². The Kier molecular flexibility index (Phi) is 22.1.